The predicted octanol–water partition coefficient (Wildman–Crippen LogP) is 2.00. The Morgan fingerprint density at radius 2 is 2.19 bits per heavy atom. The summed E-state index contributed by atoms with van der Waals surface area (Å²) in [5.41, 5.74) is 0.0127. The van der Waals surface area contributed by atoms with E-state index >= 15 is 0 Å². The first-order chi connectivity index (χ1) is 10.1. The van der Waals surface area contributed by atoms with Gasteiger partial charge in [0.15, 0.2) is 0 Å². The van der Waals surface area contributed by atoms with Crippen LogP contribution >= 0.6 is 0 Å². The van der Waals surface area contributed by atoms with Crippen molar-refractivity contribution in [3.63, 3.8) is 0 Å². The Labute approximate surface area is 120 Å². The number of hydrogen-bond donors (Lipinski definition) is 2. The summed E-state index contributed by atoms with van der Waals surface area (Å²) >= 11 is 0. The summed E-state index contributed by atoms with van der Waals surface area (Å²) in [5, 5.41) is 20.1. The van der Waals surface area contributed by atoms with E-state index in [1.165, 1.54) is 12.1 Å². The number of rotatable bonds is 5. The monoisotopic (exact) mass is 289 g/mol. The molecule has 2 amide bonds. The predicted molar refractivity (Wildman–Crippen MR) is 76.9 cm³/mol. The molecule has 21 heavy (non-hydrogen) atoms. The number of aromatic nitrogens is 2. The van der Waals surface area contributed by atoms with Crippen LogP contribution in [0.1, 0.15) is 6.92 Å². The van der Waals surface area contributed by atoms with Crippen LogP contribution in [0.3, 0.4) is 0 Å². The number of para-hydroxylation sites is 2. The lowest BCUT2D eigenvalue weighted by molar-refractivity contribution is -0.383. The number of carbonyl (C=O) groups is 1. The van der Waals surface area contributed by atoms with Crippen molar-refractivity contribution in [2.45, 2.75) is 19.5 Å². The van der Waals surface area contributed by atoms with Gasteiger partial charge in [0, 0.05) is 24.5 Å². The molecular weight excluding hydrogens is 274 g/mol. The minimum Gasteiger partial charge on any atom is -0.334 e. The topological polar surface area (TPSA) is 102 Å². The van der Waals surface area contributed by atoms with Crippen LogP contribution in [0.25, 0.3) is 0 Å². The molecule has 0 aliphatic rings. The molecule has 0 bridgehead atoms. The quantitative estimate of drug-likeness (QED) is 0.649. The Kier molecular flexibility index (Phi) is 4.50. The summed E-state index contributed by atoms with van der Waals surface area (Å²) in [6.07, 6.45) is 3.44. The van der Waals surface area contributed by atoms with Gasteiger partial charge in [-0.25, -0.2) is 4.79 Å². The molecule has 0 spiro atoms. The first-order valence-corrected chi connectivity index (χ1v) is 6.34. The van der Waals surface area contributed by atoms with E-state index in [0.29, 0.717) is 6.54 Å². The van der Waals surface area contributed by atoms with Crippen LogP contribution in [0.15, 0.2) is 42.7 Å². The normalized spacial score (nSPS) is 11.7. The number of amides is 2. The third kappa shape index (κ3) is 4.03. The Morgan fingerprint density at radius 3 is 2.86 bits per heavy atom. The molecule has 0 aliphatic heterocycles. The SMILES string of the molecule is C[C@H](Cn1cccn1)NC(=O)Nc1ccccc1[N+](=O)[O-]. The molecule has 1 heterocycles. The van der Waals surface area contributed by atoms with E-state index in [1.807, 2.05) is 6.92 Å². The van der Waals surface area contributed by atoms with Crippen molar-refractivity contribution in [2.24, 2.45) is 0 Å². The molecule has 110 valence electrons. The highest BCUT2D eigenvalue weighted by Gasteiger charge is 2.15. The summed E-state index contributed by atoms with van der Waals surface area (Å²) in [4.78, 5) is 22.2. The van der Waals surface area contributed by atoms with Crippen molar-refractivity contribution in [3.8, 4) is 0 Å². The van der Waals surface area contributed by atoms with E-state index in [4.69, 9.17) is 0 Å². The highest BCUT2D eigenvalue weighted by molar-refractivity contribution is 5.91. The smallest absolute Gasteiger partial charge is 0.319 e. The molecule has 0 radical (unpaired) electrons. The van der Waals surface area contributed by atoms with Crippen molar-refractivity contribution in [2.75, 3.05) is 5.32 Å². The van der Waals surface area contributed by atoms with Crippen LogP contribution in [0.2, 0.25) is 0 Å². The number of nitrogens with zero attached hydrogens (tertiary/aromatic N) is 3. The van der Waals surface area contributed by atoms with Crippen LogP contribution < -0.4 is 10.6 Å². The number of benzene rings is 1. The van der Waals surface area contributed by atoms with Gasteiger partial charge < -0.3 is 10.6 Å². The summed E-state index contributed by atoms with van der Waals surface area (Å²) in [6.45, 7) is 2.33. The minimum atomic E-state index is -0.539. The summed E-state index contributed by atoms with van der Waals surface area (Å²) in [7, 11) is 0. The fourth-order valence-electron chi connectivity index (χ4n) is 1.86. The zero-order chi connectivity index (χ0) is 15.2. The van der Waals surface area contributed by atoms with E-state index < -0.39 is 11.0 Å². The van der Waals surface area contributed by atoms with Crippen molar-refractivity contribution in [1.29, 1.82) is 0 Å². The van der Waals surface area contributed by atoms with E-state index in [9.17, 15) is 14.9 Å². The van der Waals surface area contributed by atoms with Gasteiger partial charge in [0.05, 0.1) is 11.5 Å². The lowest BCUT2D eigenvalue weighted by Gasteiger charge is -2.14. The number of hydrogen-bond acceptors (Lipinski definition) is 4. The number of nitro benzene ring substituents is 1. The largest absolute Gasteiger partial charge is 0.334 e. The maximum absolute atomic E-state index is 11.9. The highest BCUT2D eigenvalue weighted by Crippen LogP contribution is 2.22. The van der Waals surface area contributed by atoms with E-state index in [2.05, 4.69) is 15.7 Å². The van der Waals surface area contributed by atoms with Gasteiger partial charge in [-0.3, -0.25) is 14.8 Å². The lowest BCUT2D eigenvalue weighted by atomic mass is 10.2. The van der Waals surface area contributed by atoms with Crippen molar-refractivity contribution in [3.05, 3.63) is 52.8 Å². The van der Waals surface area contributed by atoms with Gasteiger partial charge in [-0.05, 0) is 19.1 Å². The van der Waals surface area contributed by atoms with Gasteiger partial charge in [-0.2, -0.15) is 5.10 Å². The fourth-order valence-corrected chi connectivity index (χ4v) is 1.86. The molecular formula is C13H15N5O3. The van der Waals surface area contributed by atoms with Crippen LogP contribution in [0, 0.1) is 10.1 Å². The minimum absolute atomic E-state index is 0.146. The van der Waals surface area contributed by atoms with E-state index in [-0.39, 0.29) is 17.4 Å². The van der Waals surface area contributed by atoms with Crippen LogP contribution in [-0.4, -0.2) is 26.8 Å². The fraction of sp³-hybridized carbons (Fsp3) is 0.231. The average Bonchev–Trinajstić information content (AvgIpc) is 2.91. The summed E-state index contributed by atoms with van der Waals surface area (Å²) in [5.74, 6) is 0. The zero-order valence-corrected chi connectivity index (χ0v) is 11.4. The number of nitro groups is 1. The Hall–Kier alpha value is -2.90. The number of anilines is 1. The molecule has 2 rings (SSSR count). The Balaban J connectivity index is 1.94. The van der Waals surface area contributed by atoms with Crippen molar-refractivity contribution in [1.82, 2.24) is 15.1 Å². The maximum atomic E-state index is 11.9. The standard InChI is InChI=1S/C13H15N5O3/c1-10(9-17-8-4-7-14-17)15-13(19)16-11-5-2-3-6-12(11)18(20)21/h2-8,10H,9H2,1H3,(H2,15,16,19)/t10-/m1/s1. The first-order valence-electron chi connectivity index (χ1n) is 6.34. The molecule has 0 saturated heterocycles. The maximum Gasteiger partial charge on any atom is 0.319 e. The molecule has 8 nitrogen and oxygen atoms in total. The summed E-state index contributed by atoms with van der Waals surface area (Å²) in [6, 6.07) is 7.10. The molecule has 0 aliphatic carbocycles. The number of carbonyl (C=O) groups excluding carboxylic acids is 1. The summed E-state index contributed by atoms with van der Waals surface area (Å²) < 4.78 is 1.69. The van der Waals surface area contributed by atoms with Crippen LogP contribution in [0.5, 0.6) is 0 Å². The molecule has 1 aromatic carbocycles. The van der Waals surface area contributed by atoms with Gasteiger partial charge in [0.2, 0.25) is 0 Å². The number of nitrogens with one attached hydrogen (secondary N) is 2. The number of urea groups is 1. The van der Waals surface area contributed by atoms with Gasteiger partial charge in [-0.15, -0.1) is 0 Å². The second-order valence-corrected chi connectivity index (χ2v) is 4.50. The zero-order valence-electron chi connectivity index (χ0n) is 11.4. The van der Waals surface area contributed by atoms with Gasteiger partial charge >= 0.3 is 6.03 Å². The Bertz CT molecular complexity index is 626. The second kappa shape index (κ2) is 6.51. The van der Waals surface area contributed by atoms with E-state index in [1.54, 1.807) is 35.3 Å². The Morgan fingerprint density at radius 1 is 1.43 bits per heavy atom. The van der Waals surface area contributed by atoms with E-state index in [0.717, 1.165) is 0 Å². The van der Waals surface area contributed by atoms with Gasteiger partial charge in [-0.1, -0.05) is 12.1 Å². The van der Waals surface area contributed by atoms with Crippen molar-refractivity contribution >= 4 is 17.4 Å². The average molecular weight is 289 g/mol. The van der Waals surface area contributed by atoms with Crippen molar-refractivity contribution < 1.29 is 9.72 Å². The molecule has 1 atom stereocenters. The molecule has 8 heteroatoms. The highest BCUT2D eigenvalue weighted by atomic mass is 16.6. The van der Waals surface area contributed by atoms with Crippen LogP contribution in [0.4, 0.5) is 16.2 Å². The second-order valence-electron chi connectivity index (χ2n) is 4.50. The molecule has 1 aromatic heterocycles. The first kappa shape index (κ1) is 14.5. The third-order valence-corrected chi connectivity index (χ3v) is 2.75. The third-order valence-electron chi connectivity index (χ3n) is 2.75. The molecule has 2 N–H and O–H groups in total. The van der Waals surface area contributed by atoms with Crippen LogP contribution in [-0.2, 0) is 6.54 Å². The van der Waals surface area contributed by atoms with Gasteiger partial charge in [0.25, 0.3) is 5.69 Å². The molecule has 0 fully saturated rings. The van der Waals surface area contributed by atoms with Gasteiger partial charge in [0.1, 0.15) is 5.69 Å². The molecule has 0 saturated carbocycles. The molecule has 0 unspecified atom stereocenters. The lowest BCUT2D eigenvalue weighted by Crippen LogP contribution is -2.38. The molecule has 2 aromatic rings.